The molecule has 2 amide bonds. The van der Waals surface area contributed by atoms with E-state index in [0.29, 0.717) is 39.6 Å². The molecule has 0 aliphatic rings. The molecule has 0 spiro atoms. The molecule has 2 aromatic carbocycles. The Hall–Kier alpha value is -3.07. The van der Waals surface area contributed by atoms with Gasteiger partial charge in [-0.3, -0.25) is 9.59 Å². The van der Waals surface area contributed by atoms with Crippen molar-refractivity contribution >= 4 is 39.6 Å². The molecule has 0 unspecified atom stereocenters. The summed E-state index contributed by atoms with van der Waals surface area (Å²) in [7, 11) is 1.54. The zero-order valence-corrected chi connectivity index (χ0v) is 19.5. The van der Waals surface area contributed by atoms with Crippen molar-refractivity contribution in [1.82, 2.24) is 5.43 Å². The van der Waals surface area contributed by atoms with E-state index < -0.39 is 11.8 Å². The van der Waals surface area contributed by atoms with Crippen LogP contribution in [0.3, 0.4) is 0 Å². The Morgan fingerprint density at radius 2 is 1.87 bits per heavy atom. The highest BCUT2D eigenvalue weighted by atomic mass is 79.9. The van der Waals surface area contributed by atoms with E-state index in [9.17, 15) is 9.59 Å². The van der Waals surface area contributed by atoms with Crippen LogP contribution in [0.25, 0.3) is 0 Å². The molecule has 31 heavy (non-hydrogen) atoms. The minimum absolute atomic E-state index is 0.0160. The third-order valence-electron chi connectivity index (χ3n) is 3.78. The number of hydrogen-bond donors (Lipinski definition) is 2. The van der Waals surface area contributed by atoms with Gasteiger partial charge in [0.05, 0.1) is 30.5 Å². The van der Waals surface area contributed by atoms with E-state index in [4.69, 9.17) is 14.2 Å². The van der Waals surface area contributed by atoms with Crippen molar-refractivity contribution in [1.29, 1.82) is 0 Å². The lowest BCUT2D eigenvalue weighted by Crippen LogP contribution is -2.24. The molecule has 0 radical (unpaired) electrons. The zero-order chi connectivity index (χ0) is 22.8. The number of carbonyl (C=O) groups excluding carboxylic acids is 2. The molecule has 0 aliphatic heterocycles. The minimum Gasteiger partial charge on any atom is -0.494 e. The fourth-order valence-corrected chi connectivity index (χ4v) is 3.09. The highest BCUT2D eigenvalue weighted by Gasteiger charge is 2.13. The summed E-state index contributed by atoms with van der Waals surface area (Å²) >= 11 is 3.45. The SMILES string of the molecule is CCOc1ccc(NC(=O)CC(=O)NN=Cc2cc(Br)c(OC(C)C)c(OC)c2)cc1. The van der Waals surface area contributed by atoms with Crippen molar-refractivity contribution < 1.29 is 23.8 Å². The van der Waals surface area contributed by atoms with Crippen LogP contribution < -0.4 is 25.0 Å². The minimum atomic E-state index is -0.537. The van der Waals surface area contributed by atoms with Gasteiger partial charge in [0.25, 0.3) is 0 Å². The Morgan fingerprint density at radius 3 is 2.48 bits per heavy atom. The third-order valence-corrected chi connectivity index (χ3v) is 4.37. The third kappa shape index (κ3) is 7.93. The predicted octanol–water partition coefficient (Wildman–Crippen LogP) is 4.12. The molecule has 2 N–H and O–H groups in total. The molecule has 9 heteroatoms. The van der Waals surface area contributed by atoms with E-state index >= 15 is 0 Å². The fourth-order valence-electron chi connectivity index (χ4n) is 2.53. The average molecular weight is 492 g/mol. The predicted molar refractivity (Wildman–Crippen MR) is 123 cm³/mol. The van der Waals surface area contributed by atoms with Crippen LogP contribution in [0.4, 0.5) is 5.69 Å². The van der Waals surface area contributed by atoms with E-state index in [0.717, 1.165) is 0 Å². The maximum absolute atomic E-state index is 12.0. The molecule has 166 valence electrons. The number of rotatable bonds is 10. The lowest BCUT2D eigenvalue weighted by Gasteiger charge is -2.15. The standard InChI is InChI=1S/C22H26BrN3O5/c1-5-30-17-8-6-16(7-9-17)25-20(27)12-21(28)26-24-13-15-10-18(23)22(31-14(2)3)19(11-15)29-4/h6-11,13-14H,5,12H2,1-4H3,(H,25,27)(H,26,28). The quantitative estimate of drug-likeness (QED) is 0.296. The van der Waals surface area contributed by atoms with Crippen LogP contribution >= 0.6 is 15.9 Å². The van der Waals surface area contributed by atoms with Gasteiger partial charge in [-0.05, 0) is 78.7 Å². The topological polar surface area (TPSA) is 98.2 Å². The average Bonchev–Trinajstić information content (AvgIpc) is 2.71. The van der Waals surface area contributed by atoms with E-state index in [1.165, 1.54) is 6.21 Å². The zero-order valence-electron chi connectivity index (χ0n) is 17.9. The van der Waals surface area contributed by atoms with Gasteiger partial charge in [-0.15, -0.1) is 0 Å². The van der Waals surface area contributed by atoms with Crippen molar-refractivity contribution in [2.75, 3.05) is 19.0 Å². The van der Waals surface area contributed by atoms with E-state index in [1.807, 2.05) is 20.8 Å². The lowest BCUT2D eigenvalue weighted by atomic mass is 10.2. The molecular formula is C22H26BrN3O5. The number of ether oxygens (including phenoxy) is 3. The normalized spacial score (nSPS) is 10.8. The summed E-state index contributed by atoms with van der Waals surface area (Å²) in [5.74, 6) is 0.844. The number of amides is 2. The van der Waals surface area contributed by atoms with Crippen LogP contribution in [0.1, 0.15) is 32.8 Å². The second-order valence-electron chi connectivity index (χ2n) is 6.68. The smallest absolute Gasteiger partial charge is 0.249 e. The van der Waals surface area contributed by atoms with Crippen molar-refractivity contribution in [3.8, 4) is 17.2 Å². The number of anilines is 1. The Kier molecular flexibility index (Phi) is 9.33. The molecule has 0 heterocycles. The highest BCUT2D eigenvalue weighted by molar-refractivity contribution is 9.10. The first-order valence-electron chi connectivity index (χ1n) is 9.71. The van der Waals surface area contributed by atoms with Crippen molar-refractivity contribution in [3.05, 3.63) is 46.4 Å². The summed E-state index contributed by atoms with van der Waals surface area (Å²) in [6.45, 7) is 6.29. The summed E-state index contributed by atoms with van der Waals surface area (Å²) in [4.78, 5) is 24.0. The first-order valence-corrected chi connectivity index (χ1v) is 10.5. The molecule has 0 aromatic heterocycles. The Labute approximate surface area is 190 Å². The monoisotopic (exact) mass is 491 g/mol. The van der Waals surface area contributed by atoms with Gasteiger partial charge in [0.2, 0.25) is 11.8 Å². The number of carbonyl (C=O) groups is 2. The van der Waals surface area contributed by atoms with Crippen LogP contribution in [0, 0.1) is 0 Å². The summed E-state index contributed by atoms with van der Waals surface area (Å²) in [5.41, 5.74) is 3.59. The number of halogens is 1. The largest absolute Gasteiger partial charge is 0.494 e. The molecule has 2 rings (SSSR count). The molecule has 0 saturated carbocycles. The summed E-state index contributed by atoms with van der Waals surface area (Å²) in [6.07, 6.45) is 1.07. The summed E-state index contributed by atoms with van der Waals surface area (Å²) in [5, 5.41) is 6.55. The van der Waals surface area contributed by atoms with Gasteiger partial charge in [0, 0.05) is 5.69 Å². The molecule has 0 saturated heterocycles. The molecule has 0 fully saturated rings. The van der Waals surface area contributed by atoms with Crippen molar-refractivity contribution in [2.24, 2.45) is 5.10 Å². The first kappa shape index (κ1) is 24.2. The number of hydrazone groups is 1. The van der Waals surface area contributed by atoms with Gasteiger partial charge in [0.15, 0.2) is 11.5 Å². The fraction of sp³-hybridized carbons (Fsp3) is 0.318. The van der Waals surface area contributed by atoms with Gasteiger partial charge in [-0.2, -0.15) is 5.10 Å². The molecule has 0 aliphatic carbocycles. The van der Waals surface area contributed by atoms with E-state index in [1.54, 1.807) is 43.5 Å². The van der Waals surface area contributed by atoms with Gasteiger partial charge in [0.1, 0.15) is 12.2 Å². The molecule has 0 bridgehead atoms. The Morgan fingerprint density at radius 1 is 1.16 bits per heavy atom. The number of hydrogen-bond acceptors (Lipinski definition) is 6. The van der Waals surface area contributed by atoms with Gasteiger partial charge in [-0.1, -0.05) is 0 Å². The Bertz CT molecular complexity index is 929. The van der Waals surface area contributed by atoms with Crippen molar-refractivity contribution in [2.45, 2.75) is 33.3 Å². The Balaban J connectivity index is 1.90. The lowest BCUT2D eigenvalue weighted by molar-refractivity contribution is -0.126. The second-order valence-corrected chi connectivity index (χ2v) is 7.53. The van der Waals surface area contributed by atoms with Crippen LogP contribution in [-0.4, -0.2) is 37.8 Å². The first-order chi connectivity index (χ1) is 14.8. The van der Waals surface area contributed by atoms with Crippen LogP contribution in [0.2, 0.25) is 0 Å². The molecule has 0 atom stereocenters. The van der Waals surface area contributed by atoms with Crippen molar-refractivity contribution in [3.63, 3.8) is 0 Å². The number of methoxy groups -OCH3 is 1. The maximum Gasteiger partial charge on any atom is 0.249 e. The number of nitrogens with zero attached hydrogens (tertiary/aromatic N) is 1. The van der Waals surface area contributed by atoms with Crippen LogP contribution in [0.5, 0.6) is 17.2 Å². The summed E-state index contributed by atoms with van der Waals surface area (Å²) < 4.78 is 17.1. The van der Waals surface area contributed by atoms with Gasteiger partial charge >= 0.3 is 0 Å². The molecular weight excluding hydrogens is 466 g/mol. The molecule has 8 nitrogen and oxygen atoms in total. The van der Waals surface area contributed by atoms with Gasteiger partial charge in [-0.25, -0.2) is 5.43 Å². The number of benzene rings is 2. The second kappa shape index (κ2) is 11.9. The van der Waals surface area contributed by atoms with Crippen LogP contribution in [-0.2, 0) is 9.59 Å². The summed E-state index contributed by atoms with van der Waals surface area (Å²) in [6, 6.07) is 10.4. The number of nitrogens with one attached hydrogen (secondary N) is 2. The van der Waals surface area contributed by atoms with E-state index in [2.05, 4.69) is 31.8 Å². The van der Waals surface area contributed by atoms with E-state index in [-0.39, 0.29) is 12.5 Å². The van der Waals surface area contributed by atoms with Crippen LogP contribution in [0.15, 0.2) is 46.0 Å². The molecule has 2 aromatic rings. The maximum atomic E-state index is 12.0. The van der Waals surface area contributed by atoms with Gasteiger partial charge < -0.3 is 19.5 Å². The highest BCUT2D eigenvalue weighted by Crippen LogP contribution is 2.36.